The van der Waals surface area contributed by atoms with Crippen molar-refractivity contribution in [3.8, 4) is 0 Å². The normalized spacial score (nSPS) is 18.2. The molecule has 0 aromatic heterocycles. The van der Waals surface area contributed by atoms with E-state index in [0.717, 1.165) is 38.8 Å². The highest BCUT2D eigenvalue weighted by Crippen LogP contribution is 2.20. The zero-order chi connectivity index (χ0) is 10.8. The molecule has 0 radical (unpaired) electrons. The molecule has 1 fully saturated rings. The Morgan fingerprint density at radius 1 is 1.20 bits per heavy atom. The van der Waals surface area contributed by atoms with Gasteiger partial charge in [0.2, 0.25) is 0 Å². The van der Waals surface area contributed by atoms with Crippen molar-refractivity contribution in [1.82, 2.24) is 5.32 Å². The van der Waals surface area contributed by atoms with Crippen molar-refractivity contribution >= 4 is 0 Å². The maximum absolute atomic E-state index is 5.35. The number of rotatable bonds is 8. The third kappa shape index (κ3) is 6.88. The molecule has 3 nitrogen and oxygen atoms in total. The van der Waals surface area contributed by atoms with Crippen molar-refractivity contribution < 1.29 is 9.47 Å². The monoisotopic (exact) mass is 215 g/mol. The molecule has 0 saturated carbocycles. The lowest BCUT2D eigenvalue weighted by Gasteiger charge is -2.21. The minimum Gasteiger partial charge on any atom is -0.383 e. The van der Waals surface area contributed by atoms with E-state index in [4.69, 9.17) is 9.47 Å². The topological polar surface area (TPSA) is 30.5 Å². The standard InChI is InChI=1S/C12H25NO2/c1-14-11-8-13-7-3-2-4-12-5-9-15-10-6-12/h12-13H,2-11H2,1H3. The second-order valence-corrected chi connectivity index (χ2v) is 4.29. The molecule has 90 valence electrons. The molecule has 0 amide bonds. The fraction of sp³-hybridized carbons (Fsp3) is 1.00. The summed E-state index contributed by atoms with van der Waals surface area (Å²) in [4.78, 5) is 0. The van der Waals surface area contributed by atoms with Gasteiger partial charge in [0, 0.05) is 26.9 Å². The van der Waals surface area contributed by atoms with E-state index in [1.165, 1.54) is 32.1 Å². The van der Waals surface area contributed by atoms with E-state index >= 15 is 0 Å². The van der Waals surface area contributed by atoms with Gasteiger partial charge in [-0.1, -0.05) is 12.8 Å². The van der Waals surface area contributed by atoms with Crippen LogP contribution in [0.15, 0.2) is 0 Å². The fourth-order valence-electron chi connectivity index (χ4n) is 2.02. The van der Waals surface area contributed by atoms with E-state index < -0.39 is 0 Å². The highest BCUT2D eigenvalue weighted by atomic mass is 16.5. The van der Waals surface area contributed by atoms with Gasteiger partial charge < -0.3 is 14.8 Å². The van der Waals surface area contributed by atoms with Crippen LogP contribution in [0.25, 0.3) is 0 Å². The molecule has 0 aromatic carbocycles. The lowest BCUT2D eigenvalue weighted by molar-refractivity contribution is 0.0631. The maximum Gasteiger partial charge on any atom is 0.0587 e. The summed E-state index contributed by atoms with van der Waals surface area (Å²) in [7, 11) is 1.74. The van der Waals surface area contributed by atoms with Crippen LogP contribution in [0.3, 0.4) is 0 Å². The minimum absolute atomic E-state index is 0.819. The van der Waals surface area contributed by atoms with Crippen LogP contribution in [-0.4, -0.2) is 40.0 Å². The molecular formula is C12H25NO2. The first kappa shape index (κ1) is 12.9. The first-order chi connectivity index (χ1) is 7.43. The smallest absolute Gasteiger partial charge is 0.0587 e. The summed E-state index contributed by atoms with van der Waals surface area (Å²) in [5.74, 6) is 0.928. The van der Waals surface area contributed by atoms with Gasteiger partial charge in [0.25, 0.3) is 0 Å². The van der Waals surface area contributed by atoms with E-state index in [0.29, 0.717) is 0 Å². The summed E-state index contributed by atoms with van der Waals surface area (Å²) in [6, 6.07) is 0. The van der Waals surface area contributed by atoms with Crippen LogP contribution in [0, 0.1) is 5.92 Å². The number of hydrogen-bond acceptors (Lipinski definition) is 3. The van der Waals surface area contributed by atoms with E-state index in [-0.39, 0.29) is 0 Å². The summed E-state index contributed by atoms with van der Waals surface area (Å²) >= 11 is 0. The Morgan fingerprint density at radius 3 is 2.73 bits per heavy atom. The van der Waals surface area contributed by atoms with Gasteiger partial charge in [0.05, 0.1) is 6.61 Å². The van der Waals surface area contributed by atoms with Gasteiger partial charge in [-0.3, -0.25) is 0 Å². The Balaban J connectivity index is 1.79. The molecule has 0 unspecified atom stereocenters. The second-order valence-electron chi connectivity index (χ2n) is 4.29. The molecular weight excluding hydrogens is 190 g/mol. The molecule has 0 spiro atoms. The summed E-state index contributed by atoms with van der Waals surface area (Å²) in [6.07, 6.45) is 6.58. The van der Waals surface area contributed by atoms with Crippen LogP contribution in [0.4, 0.5) is 0 Å². The highest BCUT2D eigenvalue weighted by Gasteiger charge is 2.12. The maximum atomic E-state index is 5.35. The summed E-state index contributed by atoms with van der Waals surface area (Å²) in [5, 5.41) is 3.37. The fourth-order valence-corrected chi connectivity index (χ4v) is 2.02. The quantitative estimate of drug-likeness (QED) is 0.627. The predicted molar refractivity (Wildman–Crippen MR) is 62.1 cm³/mol. The molecule has 1 rings (SSSR count). The molecule has 1 N–H and O–H groups in total. The SMILES string of the molecule is COCCNCCCCC1CCOCC1. The molecule has 1 aliphatic heterocycles. The average molecular weight is 215 g/mol. The molecule has 0 aliphatic carbocycles. The summed E-state index contributed by atoms with van der Waals surface area (Å²) in [5.41, 5.74) is 0. The Kier molecular flexibility index (Phi) is 7.88. The molecule has 15 heavy (non-hydrogen) atoms. The van der Waals surface area contributed by atoms with Crippen LogP contribution in [-0.2, 0) is 9.47 Å². The van der Waals surface area contributed by atoms with Gasteiger partial charge in [-0.2, -0.15) is 0 Å². The van der Waals surface area contributed by atoms with Crippen LogP contribution in [0.2, 0.25) is 0 Å². The van der Waals surface area contributed by atoms with Gasteiger partial charge in [0.15, 0.2) is 0 Å². The Labute approximate surface area is 93.5 Å². The zero-order valence-corrected chi connectivity index (χ0v) is 9.96. The lowest BCUT2D eigenvalue weighted by atomic mass is 9.94. The number of unbranched alkanes of at least 4 members (excludes halogenated alkanes) is 1. The van der Waals surface area contributed by atoms with Gasteiger partial charge in [-0.15, -0.1) is 0 Å². The largest absolute Gasteiger partial charge is 0.383 e. The van der Waals surface area contributed by atoms with Crippen molar-refractivity contribution in [2.45, 2.75) is 32.1 Å². The molecule has 1 saturated heterocycles. The Hall–Kier alpha value is -0.120. The van der Waals surface area contributed by atoms with E-state index in [2.05, 4.69) is 5.32 Å². The van der Waals surface area contributed by atoms with Crippen molar-refractivity contribution in [3.05, 3.63) is 0 Å². The number of hydrogen-bond donors (Lipinski definition) is 1. The minimum atomic E-state index is 0.819. The number of methoxy groups -OCH3 is 1. The molecule has 0 aromatic rings. The van der Waals surface area contributed by atoms with Gasteiger partial charge in [-0.25, -0.2) is 0 Å². The Bertz CT molecular complexity index is 136. The third-order valence-electron chi connectivity index (χ3n) is 3.04. The van der Waals surface area contributed by atoms with E-state index in [9.17, 15) is 0 Å². The van der Waals surface area contributed by atoms with Crippen molar-refractivity contribution in [1.29, 1.82) is 0 Å². The Morgan fingerprint density at radius 2 is 2.00 bits per heavy atom. The summed E-state index contributed by atoms with van der Waals surface area (Å²) < 4.78 is 10.3. The molecule has 3 heteroatoms. The van der Waals surface area contributed by atoms with E-state index in [1.807, 2.05) is 0 Å². The number of nitrogens with one attached hydrogen (secondary N) is 1. The molecule has 1 heterocycles. The average Bonchev–Trinajstić information content (AvgIpc) is 2.29. The molecule has 0 atom stereocenters. The van der Waals surface area contributed by atoms with Crippen molar-refractivity contribution in [3.63, 3.8) is 0 Å². The highest BCUT2D eigenvalue weighted by molar-refractivity contribution is 4.63. The van der Waals surface area contributed by atoms with Crippen LogP contribution in [0.5, 0.6) is 0 Å². The molecule has 1 aliphatic rings. The van der Waals surface area contributed by atoms with Gasteiger partial charge >= 0.3 is 0 Å². The van der Waals surface area contributed by atoms with Gasteiger partial charge in [0.1, 0.15) is 0 Å². The van der Waals surface area contributed by atoms with E-state index in [1.54, 1.807) is 7.11 Å². The molecule has 0 bridgehead atoms. The summed E-state index contributed by atoms with van der Waals surface area (Å²) in [6.45, 7) is 4.90. The van der Waals surface area contributed by atoms with Crippen molar-refractivity contribution in [2.75, 3.05) is 40.0 Å². The van der Waals surface area contributed by atoms with Crippen LogP contribution in [0.1, 0.15) is 32.1 Å². The zero-order valence-electron chi connectivity index (χ0n) is 9.96. The van der Waals surface area contributed by atoms with Crippen molar-refractivity contribution in [2.24, 2.45) is 5.92 Å². The number of ether oxygens (including phenoxy) is 2. The lowest BCUT2D eigenvalue weighted by Crippen LogP contribution is -2.20. The first-order valence-electron chi connectivity index (χ1n) is 6.21. The first-order valence-corrected chi connectivity index (χ1v) is 6.21. The second kappa shape index (κ2) is 9.13. The van der Waals surface area contributed by atoms with Gasteiger partial charge in [-0.05, 0) is 31.7 Å². The third-order valence-corrected chi connectivity index (χ3v) is 3.04. The van der Waals surface area contributed by atoms with Crippen LogP contribution >= 0.6 is 0 Å². The predicted octanol–water partition coefficient (Wildman–Crippen LogP) is 1.82. The van der Waals surface area contributed by atoms with Crippen LogP contribution < -0.4 is 5.32 Å².